The van der Waals surface area contributed by atoms with Crippen molar-refractivity contribution in [1.82, 2.24) is 0 Å². The zero-order valence-electron chi connectivity index (χ0n) is 37.9. The minimum absolute atomic E-state index is 0.0185. The summed E-state index contributed by atoms with van der Waals surface area (Å²) in [6.45, 7) is 16.2. The van der Waals surface area contributed by atoms with Crippen LogP contribution in [0.2, 0.25) is 10.1 Å². The van der Waals surface area contributed by atoms with E-state index in [-0.39, 0.29) is 64.9 Å². The lowest BCUT2D eigenvalue weighted by atomic mass is 9.90. The molecule has 5 nitrogen and oxygen atoms in total. The summed E-state index contributed by atoms with van der Waals surface area (Å²) in [6.07, 6.45) is 10.2. The lowest BCUT2D eigenvalue weighted by Crippen LogP contribution is -2.68. The van der Waals surface area contributed by atoms with Crippen molar-refractivity contribution in [3.8, 4) is 0 Å². The van der Waals surface area contributed by atoms with Crippen LogP contribution >= 0.6 is 0 Å². The van der Waals surface area contributed by atoms with Gasteiger partial charge in [-0.3, -0.25) is 4.79 Å². The smallest absolute Gasteiger partial charge is 0.305 e. The molecule has 2 fully saturated rings. The lowest BCUT2D eigenvalue weighted by molar-refractivity contribution is -0.140. The van der Waals surface area contributed by atoms with Gasteiger partial charge in [-0.15, -0.1) is 0 Å². The molecule has 2 aliphatic rings. The first kappa shape index (κ1) is 46.4. The van der Waals surface area contributed by atoms with Crippen molar-refractivity contribution in [3.63, 3.8) is 0 Å². The number of rotatable bonds is 18. The topological polar surface area (TPSA) is 54.0 Å². The molecule has 1 heterocycles. The Morgan fingerprint density at radius 3 is 1.69 bits per heavy atom. The van der Waals surface area contributed by atoms with Crippen LogP contribution in [0.25, 0.3) is 0 Å². The monoisotopic (exact) mass is 860 g/mol. The third-order valence-electron chi connectivity index (χ3n) is 13.0. The van der Waals surface area contributed by atoms with Gasteiger partial charge in [-0.25, -0.2) is 4.39 Å². The molecule has 326 valence electrons. The van der Waals surface area contributed by atoms with E-state index in [1.54, 1.807) is 0 Å². The van der Waals surface area contributed by atoms with E-state index in [4.69, 9.17) is 18.3 Å². The van der Waals surface area contributed by atoms with E-state index < -0.39 is 16.6 Å². The third-order valence-corrected chi connectivity index (χ3v) is 23.1. The van der Waals surface area contributed by atoms with Gasteiger partial charge in [0, 0.05) is 37.5 Å². The van der Waals surface area contributed by atoms with Crippen LogP contribution in [0.5, 0.6) is 0 Å². The number of hydrogen-bond donors (Lipinski definition) is 0. The van der Waals surface area contributed by atoms with Crippen molar-refractivity contribution in [2.45, 2.75) is 135 Å². The van der Waals surface area contributed by atoms with E-state index in [0.717, 1.165) is 25.7 Å². The Kier molecular flexibility index (Phi) is 15.5. The van der Waals surface area contributed by atoms with E-state index in [9.17, 15) is 4.79 Å². The maximum Gasteiger partial charge on any atom is 0.305 e. The second-order valence-electron chi connectivity index (χ2n) is 19.1. The van der Waals surface area contributed by atoms with E-state index in [1.807, 2.05) is 0 Å². The Hall–Kier alpha value is -4.09. The zero-order chi connectivity index (χ0) is 43.7. The Bertz CT molecular complexity index is 1960. The number of carbonyl (C=O) groups is 1. The quantitative estimate of drug-likeness (QED) is 0.0432. The van der Waals surface area contributed by atoms with Gasteiger partial charge >= 0.3 is 5.97 Å². The third kappa shape index (κ3) is 10.3. The molecule has 1 aliphatic heterocycles. The predicted molar refractivity (Wildman–Crippen MR) is 253 cm³/mol. The van der Waals surface area contributed by atoms with E-state index in [2.05, 4.69) is 182 Å². The van der Waals surface area contributed by atoms with Gasteiger partial charge in [-0.1, -0.05) is 201 Å². The summed E-state index contributed by atoms with van der Waals surface area (Å²) in [5, 5.41) is 4.60. The van der Waals surface area contributed by atoms with E-state index in [1.165, 1.54) is 27.9 Å². The Morgan fingerprint density at radius 2 is 1.23 bits per heavy atom. The molecule has 0 N–H and O–H groups in total. The molecule has 8 heteroatoms. The molecule has 0 spiro atoms. The van der Waals surface area contributed by atoms with Crippen molar-refractivity contribution in [3.05, 3.63) is 145 Å². The molecule has 4 aromatic rings. The van der Waals surface area contributed by atoms with Gasteiger partial charge in [-0.05, 0) is 43.7 Å². The normalized spacial score (nSPS) is 20.9. The van der Waals surface area contributed by atoms with Crippen molar-refractivity contribution in [2.75, 3.05) is 7.11 Å². The summed E-state index contributed by atoms with van der Waals surface area (Å²) in [4.78, 5) is 11.8. The van der Waals surface area contributed by atoms with Gasteiger partial charge in [0.2, 0.25) is 0 Å². The zero-order valence-corrected chi connectivity index (χ0v) is 39.9. The minimum Gasteiger partial charge on any atom is -0.492 e. The Morgan fingerprint density at radius 1 is 0.738 bits per heavy atom. The summed E-state index contributed by atoms with van der Waals surface area (Å²) < 4.78 is 43.1. The molecule has 0 radical (unpaired) electrons. The van der Waals surface area contributed by atoms with Crippen LogP contribution in [0, 0.1) is 11.8 Å². The van der Waals surface area contributed by atoms with Crippen LogP contribution in [0.1, 0.15) is 106 Å². The number of halogens is 1. The maximum absolute atomic E-state index is 15.9. The number of allylic oxidation sites excluding steroid dienone is 2. The highest BCUT2D eigenvalue weighted by atomic mass is 28.4. The summed E-state index contributed by atoms with van der Waals surface area (Å²) >= 11 is 0. The first-order chi connectivity index (χ1) is 29.2. The molecule has 0 bridgehead atoms. The highest BCUT2D eigenvalue weighted by Crippen LogP contribution is 2.50. The van der Waals surface area contributed by atoms with Crippen LogP contribution in [-0.4, -0.2) is 48.0 Å². The van der Waals surface area contributed by atoms with Crippen molar-refractivity contribution >= 4 is 43.4 Å². The molecule has 5 atom stereocenters. The SMILES string of the molecule is CCCCC[C@@H](/C=C/[C@@H]1[C@H]2C/C(=C(\F)CCCC(=O)OC)O[C@H]2C[C@H]1O[Si](c1ccccc1)(c1ccccc1)C(C)(C)C)O[Si](c1ccccc1)(c1ccccc1)C(C)(C)C. The molecular weight excluding hydrogens is 792 g/mol. The molecule has 0 aromatic heterocycles. The van der Waals surface area contributed by atoms with Gasteiger partial charge in [0.1, 0.15) is 17.7 Å². The van der Waals surface area contributed by atoms with Gasteiger partial charge < -0.3 is 18.3 Å². The molecule has 1 saturated carbocycles. The number of methoxy groups -OCH3 is 1. The van der Waals surface area contributed by atoms with Crippen LogP contribution in [0.15, 0.2) is 145 Å². The van der Waals surface area contributed by atoms with Crippen LogP contribution in [-0.2, 0) is 23.1 Å². The Balaban J connectivity index is 1.45. The molecule has 0 amide bonds. The molecule has 1 saturated heterocycles. The summed E-state index contributed by atoms with van der Waals surface area (Å²) in [5.41, 5.74) is 0. The van der Waals surface area contributed by atoms with E-state index >= 15 is 4.39 Å². The molecule has 0 unspecified atom stereocenters. The highest BCUT2D eigenvalue weighted by molar-refractivity contribution is 7.00. The standard InChI is InChI=1S/C53H69FO5Si2/c1-9-10-15-25-40(58-60(52(2,3)4,41-26-16-11-17-27-41)42-28-18-12-19-29-42)36-37-45-46-38-50(47(54)34-24-35-51(55)56-8)57-48(46)39-49(45)59-61(53(5,6)7,43-30-20-13-21-31-43)44-32-22-14-23-33-44/h11-14,16-23,26-33,36-37,40,45-46,48-49H,9-10,15,24-25,34-35,38-39H2,1-8H3/b37-36+,50-47+/t40-,45+,46+,48-,49+/m0/s1. The maximum atomic E-state index is 15.9. The summed E-state index contributed by atoms with van der Waals surface area (Å²) in [6, 6.07) is 43.4. The van der Waals surface area contributed by atoms with Crippen LogP contribution in [0.3, 0.4) is 0 Å². The van der Waals surface area contributed by atoms with Gasteiger partial charge in [-0.2, -0.15) is 0 Å². The minimum atomic E-state index is -2.95. The predicted octanol–water partition coefficient (Wildman–Crippen LogP) is 11.0. The summed E-state index contributed by atoms with van der Waals surface area (Å²) in [5.74, 6) is -0.207. The van der Waals surface area contributed by atoms with Crippen molar-refractivity contribution in [2.24, 2.45) is 11.8 Å². The average molecular weight is 861 g/mol. The van der Waals surface area contributed by atoms with Crippen molar-refractivity contribution in [1.29, 1.82) is 0 Å². The fourth-order valence-corrected chi connectivity index (χ4v) is 19.4. The fourth-order valence-electron chi connectivity index (χ4n) is 10.0. The second kappa shape index (κ2) is 20.4. The number of esters is 1. The lowest BCUT2D eigenvalue weighted by Gasteiger charge is -2.46. The number of carbonyl (C=O) groups excluding carboxylic acids is 1. The summed E-state index contributed by atoms with van der Waals surface area (Å²) in [7, 11) is -4.47. The second-order valence-corrected chi connectivity index (χ2v) is 27.6. The number of fused-ring (bicyclic) bond motifs is 1. The molecule has 4 aromatic carbocycles. The number of ether oxygens (including phenoxy) is 2. The fraction of sp³-hybridized carbons (Fsp3) is 0.453. The highest BCUT2D eigenvalue weighted by Gasteiger charge is 2.57. The average Bonchev–Trinajstić information content (AvgIpc) is 3.82. The molecule has 61 heavy (non-hydrogen) atoms. The molecule has 1 aliphatic carbocycles. The largest absolute Gasteiger partial charge is 0.492 e. The number of unbranched alkanes of at least 4 members (excludes halogenated alkanes) is 2. The number of benzene rings is 4. The van der Waals surface area contributed by atoms with Crippen LogP contribution in [0.4, 0.5) is 4.39 Å². The molecular formula is C53H69FO5Si2. The van der Waals surface area contributed by atoms with Crippen LogP contribution < -0.4 is 20.7 Å². The van der Waals surface area contributed by atoms with Gasteiger partial charge in [0.05, 0.1) is 19.3 Å². The van der Waals surface area contributed by atoms with E-state index in [0.29, 0.717) is 25.0 Å². The van der Waals surface area contributed by atoms with Crippen molar-refractivity contribution < 1.29 is 27.5 Å². The van der Waals surface area contributed by atoms with Gasteiger partial charge in [0.15, 0.2) is 0 Å². The first-order valence-corrected chi connectivity index (χ1v) is 26.4. The first-order valence-electron chi connectivity index (χ1n) is 22.6. The van der Waals surface area contributed by atoms with Gasteiger partial charge in [0.25, 0.3) is 16.6 Å². The molecule has 6 rings (SSSR count). The number of hydrogen-bond acceptors (Lipinski definition) is 5. The Labute approximate surface area is 368 Å².